The second-order valence-electron chi connectivity index (χ2n) is 4.40. The Balaban J connectivity index is 2.52. The van der Waals surface area contributed by atoms with Crippen molar-refractivity contribution >= 4 is 23.5 Å². The van der Waals surface area contributed by atoms with Crippen molar-refractivity contribution in [3.63, 3.8) is 0 Å². The van der Waals surface area contributed by atoms with E-state index in [1.54, 1.807) is 24.3 Å². The number of benzene rings is 1. The summed E-state index contributed by atoms with van der Waals surface area (Å²) in [6, 6.07) is 6.11. The molecule has 104 valence electrons. The predicted molar refractivity (Wildman–Crippen MR) is 74.2 cm³/mol. The minimum absolute atomic E-state index is 0.160. The van der Waals surface area contributed by atoms with Gasteiger partial charge in [-0.2, -0.15) is 0 Å². The lowest BCUT2D eigenvalue weighted by Gasteiger charge is -2.14. The molecule has 1 aromatic rings. The minimum Gasteiger partial charge on any atom is -0.480 e. The van der Waals surface area contributed by atoms with Crippen molar-refractivity contribution < 1.29 is 14.7 Å². The van der Waals surface area contributed by atoms with Gasteiger partial charge in [0.05, 0.1) is 6.42 Å². The number of carbonyl (C=O) groups is 2. The Hall–Kier alpha value is -1.55. The quantitative estimate of drug-likeness (QED) is 0.808. The molecule has 0 bridgehead atoms. The monoisotopic (exact) mass is 283 g/mol. The lowest BCUT2D eigenvalue weighted by molar-refractivity contribution is -0.142. The molecule has 0 aliphatic rings. The molecule has 0 fully saturated rings. The van der Waals surface area contributed by atoms with Gasteiger partial charge in [-0.05, 0) is 24.1 Å². The van der Waals surface area contributed by atoms with Crippen molar-refractivity contribution in [2.45, 2.75) is 38.6 Å². The number of aliphatic carboxylic acids is 1. The van der Waals surface area contributed by atoms with E-state index in [1.165, 1.54) is 0 Å². The number of amides is 1. The molecule has 0 radical (unpaired) electrons. The first-order chi connectivity index (χ1) is 9.02. The van der Waals surface area contributed by atoms with Crippen molar-refractivity contribution in [3.8, 4) is 0 Å². The Morgan fingerprint density at radius 1 is 1.32 bits per heavy atom. The third-order valence-corrected chi connectivity index (χ3v) is 3.01. The zero-order chi connectivity index (χ0) is 14.3. The van der Waals surface area contributed by atoms with Gasteiger partial charge >= 0.3 is 5.97 Å². The Bertz CT molecular complexity index is 431. The molecule has 0 unspecified atom stereocenters. The molecule has 5 heteroatoms. The third kappa shape index (κ3) is 5.75. The van der Waals surface area contributed by atoms with Crippen LogP contribution in [0.4, 0.5) is 0 Å². The highest BCUT2D eigenvalue weighted by Crippen LogP contribution is 2.10. The van der Waals surface area contributed by atoms with Crippen molar-refractivity contribution in [3.05, 3.63) is 34.9 Å². The molecule has 4 nitrogen and oxygen atoms in total. The maximum absolute atomic E-state index is 11.8. The van der Waals surface area contributed by atoms with E-state index in [4.69, 9.17) is 16.7 Å². The Morgan fingerprint density at radius 3 is 2.47 bits per heavy atom. The number of carboxylic acid groups (broad SMARTS) is 1. The summed E-state index contributed by atoms with van der Waals surface area (Å²) in [7, 11) is 0. The fourth-order valence-corrected chi connectivity index (χ4v) is 1.82. The standard InChI is InChI=1S/C14H18ClNO3/c1-2-3-4-12(14(18)19)16-13(17)9-10-5-7-11(15)8-6-10/h5-8,12H,2-4,9H2,1H3,(H,16,17)(H,18,19)/t12-/m0/s1. The van der Waals surface area contributed by atoms with Gasteiger partial charge in [0.1, 0.15) is 6.04 Å². The molecule has 1 rings (SSSR count). The van der Waals surface area contributed by atoms with E-state index in [2.05, 4.69) is 5.32 Å². The van der Waals surface area contributed by atoms with E-state index in [1.807, 2.05) is 6.92 Å². The Morgan fingerprint density at radius 2 is 1.95 bits per heavy atom. The topological polar surface area (TPSA) is 66.4 Å². The Kier molecular flexibility index (Phi) is 6.36. The van der Waals surface area contributed by atoms with Gasteiger partial charge in [-0.1, -0.05) is 43.5 Å². The number of carboxylic acids is 1. The third-order valence-electron chi connectivity index (χ3n) is 2.76. The normalized spacial score (nSPS) is 11.9. The van der Waals surface area contributed by atoms with Crippen LogP contribution < -0.4 is 5.32 Å². The molecule has 0 aliphatic carbocycles. The smallest absolute Gasteiger partial charge is 0.326 e. The maximum Gasteiger partial charge on any atom is 0.326 e. The summed E-state index contributed by atoms with van der Waals surface area (Å²) >= 11 is 5.75. The molecule has 19 heavy (non-hydrogen) atoms. The molecular formula is C14H18ClNO3. The highest BCUT2D eigenvalue weighted by molar-refractivity contribution is 6.30. The van der Waals surface area contributed by atoms with Gasteiger partial charge < -0.3 is 10.4 Å². The van der Waals surface area contributed by atoms with Gasteiger partial charge in [-0.15, -0.1) is 0 Å². The van der Waals surface area contributed by atoms with E-state index in [9.17, 15) is 9.59 Å². The van der Waals surface area contributed by atoms with E-state index in [-0.39, 0.29) is 12.3 Å². The second kappa shape index (κ2) is 7.79. The molecule has 0 saturated carbocycles. The average Bonchev–Trinajstić information content (AvgIpc) is 2.37. The number of unbranched alkanes of at least 4 members (excludes halogenated alkanes) is 1. The van der Waals surface area contributed by atoms with E-state index < -0.39 is 12.0 Å². The highest BCUT2D eigenvalue weighted by Gasteiger charge is 2.19. The molecule has 0 heterocycles. The van der Waals surface area contributed by atoms with E-state index in [0.29, 0.717) is 11.4 Å². The van der Waals surface area contributed by atoms with Crippen LogP contribution in [0, 0.1) is 0 Å². The number of hydrogen-bond donors (Lipinski definition) is 2. The summed E-state index contributed by atoms with van der Waals surface area (Å²) in [6.07, 6.45) is 2.29. The summed E-state index contributed by atoms with van der Waals surface area (Å²) in [4.78, 5) is 22.8. The van der Waals surface area contributed by atoms with Gasteiger partial charge in [0.25, 0.3) is 0 Å². The van der Waals surface area contributed by atoms with Crippen LogP contribution in [-0.4, -0.2) is 23.0 Å². The van der Waals surface area contributed by atoms with E-state index in [0.717, 1.165) is 18.4 Å². The van der Waals surface area contributed by atoms with Crippen LogP contribution >= 0.6 is 11.6 Å². The molecule has 0 aromatic heterocycles. The largest absolute Gasteiger partial charge is 0.480 e. The van der Waals surface area contributed by atoms with E-state index >= 15 is 0 Å². The first kappa shape index (κ1) is 15.5. The van der Waals surface area contributed by atoms with Crippen LogP contribution in [-0.2, 0) is 16.0 Å². The molecule has 2 N–H and O–H groups in total. The van der Waals surface area contributed by atoms with Crippen molar-refractivity contribution in [2.75, 3.05) is 0 Å². The summed E-state index contributed by atoms with van der Waals surface area (Å²) in [5, 5.41) is 12.2. The fraction of sp³-hybridized carbons (Fsp3) is 0.429. The number of rotatable bonds is 7. The zero-order valence-corrected chi connectivity index (χ0v) is 11.6. The van der Waals surface area contributed by atoms with Gasteiger partial charge in [-0.25, -0.2) is 4.79 Å². The molecule has 1 aromatic carbocycles. The average molecular weight is 284 g/mol. The van der Waals surface area contributed by atoms with Crippen LogP contribution in [0.25, 0.3) is 0 Å². The van der Waals surface area contributed by atoms with Gasteiger partial charge in [0, 0.05) is 5.02 Å². The molecule has 0 spiro atoms. The minimum atomic E-state index is -0.988. The predicted octanol–water partition coefficient (Wildman–Crippen LogP) is 2.64. The van der Waals surface area contributed by atoms with Crippen LogP contribution in [0.5, 0.6) is 0 Å². The number of halogens is 1. The maximum atomic E-state index is 11.8. The summed E-state index contributed by atoms with van der Waals surface area (Å²) < 4.78 is 0. The van der Waals surface area contributed by atoms with Crippen LogP contribution in [0.2, 0.25) is 5.02 Å². The second-order valence-corrected chi connectivity index (χ2v) is 4.84. The highest BCUT2D eigenvalue weighted by atomic mass is 35.5. The van der Waals surface area contributed by atoms with Crippen LogP contribution in [0.15, 0.2) is 24.3 Å². The molecule has 1 amide bonds. The van der Waals surface area contributed by atoms with Crippen molar-refractivity contribution in [1.29, 1.82) is 0 Å². The summed E-state index contributed by atoms with van der Waals surface area (Å²) in [5.74, 6) is -1.27. The van der Waals surface area contributed by atoms with Gasteiger partial charge in [0.2, 0.25) is 5.91 Å². The Labute approximate surface area is 117 Å². The lowest BCUT2D eigenvalue weighted by Crippen LogP contribution is -2.41. The molecule has 0 saturated heterocycles. The molecule has 0 aliphatic heterocycles. The van der Waals surface area contributed by atoms with Crippen molar-refractivity contribution in [1.82, 2.24) is 5.32 Å². The first-order valence-electron chi connectivity index (χ1n) is 6.29. The number of nitrogens with one attached hydrogen (secondary N) is 1. The molecule has 1 atom stereocenters. The zero-order valence-electron chi connectivity index (χ0n) is 10.9. The number of carbonyl (C=O) groups excluding carboxylic acids is 1. The first-order valence-corrected chi connectivity index (χ1v) is 6.67. The molecular weight excluding hydrogens is 266 g/mol. The van der Waals surface area contributed by atoms with Gasteiger partial charge in [-0.3, -0.25) is 4.79 Å². The van der Waals surface area contributed by atoms with Crippen LogP contribution in [0.3, 0.4) is 0 Å². The summed E-state index contributed by atoms with van der Waals surface area (Å²) in [5.41, 5.74) is 0.807. The van der Waals surface area contributed by atoms with Gasteiger partial charge in [0.15, 0.2) is 0 Å². The SMILES string of the molecule is CCCC[C@H](NC(=O)Cc1ccc(Cl)cc1)C(=O)O. The van der Waals surface area contributed by atoms with Crippen molar-refractivity contribution in [2.24, 2.45) is 0 Å². The fourth-order valence-electron chi connectivity index (χ4n) is 1.70. The number of hydrogen-bond acceptors (Lipinski definition) is 2. The van der Waals surface area contributed by atoms with Crippen LogP contribution in [0.1, 0.15) is 31.7 Å². The summed E-state index contributed by atoms with van der Waals surface area (Å²) in [6.45, 7) is 1.98. The lowest BCUT2D eigenvalue weighted by atomic mass is 10.1.